The minimum absolute atomic E-state index is 0.149. The highest BCUT2D eigenvalue weighted by atomic mass is 32.2. The molecule has 9 nitrogen and oxygen atoms in total. The van der Waals surface area contributed by atoms with E-state index in [4.69, 9.17) is 14.7 Å². The second-order valence-electron chi connectivity index (χ2n) is 8.32. The summed E-state index contributed by atoms with van der Waals surface area (Å²) in [7, 11) is 1.64. The van der Waals surface area contributed by atoms with Gasteiger partial charge in [0.1, 0.15) is 5.78 Å². The summed E-state index contributed by atoms with van der Waals surface area (Å²) in [5.41, 5.74) is 1.95. The number of Topliss-reactive ketones (excluding diaryl/α,β-unsaturated/α-hetero) is 1. The number of nitrogens with zero attached hydrogens (tertiary/aromatic N) is 5. The molecular weight excluding hydrogens is 450 g/mol. The Morgan fingerprint density at radius 1 is 1.18 bits per heavy atom. The highest BCUT2D eigenvalue weighted by Gasteiger charge is 2.25. The number of hydrogen-bond acceptors (Lipinski definition) is 9. The summed E-state index contributed by atoms with van der Waals surface area (Å²) in [6.07, 6.45) is 0.440. The lowest BCUT2D eigenvalue weighted by molar-refractivity contribution is -0.116. The normalized spacial score (nSPS) is 14.3. The minimum Gasteiger partial charge on any atom is -0.490 e. The minimum atomic E-state index is 0.149. The molecule has 0 unspecified atom stereocenters. The van der Waals surface area contributed by atoms with E-state index in [0.29, 0.717) is 29.0 Å². The molecule has 0 spiro atoms. The van der Waals surface area contributed by atoms with Crippen molar-refractivity contribution >= 4 is 35.0 Å². The lowest BCUT2D eigenvalue weighted by Crippen LogP contribution is -2.46. The lowest BCUT2D eigenvalue weighted by Gasteiger charge is -2.35. The summed E-state index contributed by atoms with van der Waals surface area (Å²) >= 11 is 1.48. The molecule has 2 N–H and O–H groups in total. The molecule has 4 rings (SSSR count). The second-order valence-corrected chi connectivity index (χ2v) is 9.36. The number of methoxy groups -OCH3 is 1. The SMILES string of the molecule is CCN1CCN(c2nc(Sc3ccc(CC(C)=O)cc3)nc(Nc3cc(C)[nH]n3)c2OC)CC1. The van der Waals surface area contributed by atoms with Crippen LogP contribution in [-0.2, 0) is 11.2 Å². The summed E-state index contributed by atoms with van der Waals surface area (Å²) in [4.78, 5) is 26.8. The highest BCUT2D eigenvalue weighted by molar-refractivity contribution is 7.99. The van der Waals surface area contributed by atoms with Gasteiger partial charge in [-0.05, 0) is 49.9 Å². The largest absolute Gasteiger partial charge is 0.490 e. The van der Waals surface area contributed by atoms with Crippen LogP contribution < -0.4 is 15.0 Å². The molecule has 1 fully saturated rings. The van der Waals surface area contributed by atoms with Gasteiger partial charge in [0, 0.05) is 49.3 Å². The predicted molar refractivity (Wildman–Crippen MR) is 134 cm³/mol. The molecule has 0 bridgehead atoms. The van der Waals surface area contributed by atoms with E-state index < -0.39 is 0 Å². The summed E-state index contributed by atoms with van der Waals surface area (Å²) in [6.45, 7) is 10.5. The quantitative estimate of drug-likeness (QED) is 0.443. The van der Waals surface area contributed by atoms with Gasteiger partial charge in [0.25, 0.3) is 0 Å². The smallest absolute Gasteiger partial charge is 0.204 e. The first-order chi connectivity index (χ1) is 16.4. The third-order valence-electron chi connectivity index (χ3n) is 5.69. The van der Waals surface area contributed by atoms with Crippen molar-refractivity contribution < 1.29 is 9.53 Å². The van der Waals surface area contributed by atoms with Gasteiger partial charge >= 0.3 is 0 Å². The molecule has 0 atom stereocenters. The Kier molecular flexibility index (Phi) is 7.69. The van der Waals surface area contributed by atoms with Crippen molar-refractivity contribution in [2.24, 2.45) is 0 Å². The fourth-order valence-corrected chi connectivity index (χ4v) is 4.65. The number of aromatic amines is 1. The highest BCUT2D eigenvalue weighted by Crippen LogP contribution is 2.38. The van der Waals surface area contributed by atoms with Gasteiger partial charge in [-0.15, -0.1) is 0 Å². The number of benzene rings is 1. The van der Waals surface area contributed by atoms with Gasteiger partial charge in [0.2, 0.25) is 5.75 Å². The molecule has 0 radical (unpaired) electrons. The zero-order chi connectivity index (χ0) is 24.1. The molecule has 0 aliphatic carbocycles. The number of ketones is 1. The van der Waals surface area contributed by atoms with Crippen molar-refractivity contribution in [3.8, 4) is 5.75 Å². The second kappa shape index (κ2) is 10.9. The predicted octanol–water partition coefficient (Wildman–Crippen LogP) is 3.68. The number of piperazine rings is 1. The summed E-state index contributed by atoms with van der Waals surface area (Å²) in [5.74, 6) is 2.77. The number of ether oxygens (including phenoxy) is 1. The van der Waals surface area contributed by atoms with Gasteiger partial charge in [0.05, 0.1) is 7.11 Å². The standard InChI is InChI=1S/C24H31N7O2S/c1-5-30-10-12-31(13-11-30)23-21(33-4)22(25-20-14-16(2)28-29-20)26-24(27-23)34-19-8-6-18(7-9-19)15-17(3)32/h6-9,14H,5,10-13,15H2,1-4H3,(H2,25,26,27,28,29). The Morgan fingerprint density at radius 3 is 2.50 bits per heavy atom. The van der Waals surface area contributed by atoms with Gasteiger partial charge in [0.15, 0.2) is 22.6 Å². The molecule has 2 aromatic heterocycles. The third kappa shape index (κ3) is 5.87. The number of carbonyl (C=O) groups excluding carboxylic acids is 1. The number of aryl methyl sites for hydroxylation is 1. The van der Waals surface area contributed by atoms with Crippen LogP contribution >= 0.6 is 11.8 Å². The number of rotatable bonds is 9. The molecular formula is C24H31N7O2S. The number of hydrogen-bond donors (Lipinski definition) is 2. The van der Waals surface area contributed by atoms with Crippen LogP contribution in [0.15, 0.2) is 40.4 Å². The average Bonchev–Trinajstić information content (AvgIpc) is 3.24. The van der Waals surface area contributed by atoms with Gasteiger partial charge in [-0.2, -0.15) is 5.10 Å². The fourth-order valence-electron chi connectivity index (χ4n) is 3.90. The number of carbonyl (C=O) groups is 1. The maximum Gasteiger partial charge on any atom is 0.204 e. The Morgan fingerprint density at radius 2 is 1.91 bits per heavy atom. The van der Waals surface area contributed by atoms with Crippen molar-refractivity contribution in [2.45, 2.75) is 37.2 Å². The summed E-state index contributed by atoms with van der Waals surface area (Å²) < 4.78 is 5.80. The van der Waals surface area contributed by atoms with E-state index in [1.807, 2.05) is 37.3 Å². The monoisotopic (exact) mass is 481 g/mol. The first kappa shape index (κ1) is 24.0. The number of likely N-dealkylation sites (N-methyl/N-ethyl adjacent to an activating group) is 1. The van der Waals surface area contributed by atoms with Crippen LogP contribution in [0.25, 0.3) is 0 Å². The molecule has 1 aromatic carbocycles. The van der Waals surface area contributed by atoms with Crippen LogP contribution in [0.5, 0.6) is 5.75 Å². The molecule has 0 saturated carbocycles. The third-order valence-corrected chi connectivity index (χ3v) is 6.56. The van der Waals surface area contributed by atoms with E-state index >= 15 is 0 Å². The maximum absolute atomic E-state index is 11.4. The molecule has 180 valence electrons. The Bertz CT molecular complexity index is 1120. The van der Waals surface area contributed by atoms with Crippen molar-refractivity contribution in [1.82, 2.24) is 25.1 Å². The Hall–Kier alpha value is -3.11. The summed E-state index contributed by atoms with van der Waals surface area (Å²) in [5, 5.41) is 11.1. The number of aromatic nitrogens is 4. The maximum atomic E-state index is 11.4. The van der Waals surface area contributed by atoms with E-state index in [2.05, 4.69) is 32.2 Å². The zero-order valence-corrected chi connectivity index (χ0v) is 20.9. The van der Waals surface area contributed by atoms with Crippen molar-refractivity contribution in [2.75, 3.05) is 50.1 Å². The molecule has 10 heteroatoms. The van der Waals surface area contributed by atoms with E-state index in [0.717, 1.165) is 54.7 Å². The van der Waals surface area contributed by atoms with E-state index in [1.54, 1.807) is 14.0 Å². The van der Waals surface area contributed by atoms with Gasteiger partial charge < -0.3 is 19.9 Å². The molecule has 34 heavy (non-hydrogen) atoms. The van der Waals surface area contributed by atoms with Crippen molar-refractivity contribution in [3.63, 3.8) is 0 Å². The topological polar surface area (TPSA) is 99.3 Å². The lowest BCUT2D eigenvalue weighted by atomic mass is 10.1. The number of H-pyrrole nitrogens is 1. The average molecular weight is 482 g/mol. The van der Waals surface area contributed by atoms with E-state index in [1.165, 1.54) is 11.8 Å². The van der Waals surface area contributed by atoms with Gasteiger partial charge in [-0.3, -0.25) is 9.89 Å². The van der Waals surface area contributed by atoms with Crippen LogP contribution in [0.3, 0.4) is 0 Å². The number of nitrogens with one attached hydrogen (secondary N) is 2. The zero-order valence-electron chi connectivity index (χ0n) is 20.1. The molecule has 1 aliphatic heterocycles. The molecule has 0 amide bonds. The summed E-state index contributed by atoms with van der Waals surface area (Å²) in [6, 6.07) is 9.87. The molecule has 3 heterocycles. The molecule has 1 aliphatic rings. The van der Waals surface area contributed by atoms with Crippen LogP contribution in [0, 0.1) is 6.92 Å². The molecule has 1 saturated heterocycles. The van der Waals surface area contributed by atoms with Crippen LogP contribution in [0.1, 0.15) is 25.1 Å². The molecule has 3 aromatic rings. The van der Waals surface area contributed by atoms with Crippen LogP contribution in [0.2, 0.25) is 0 Å². The van der Waals surface area contributed by atoms with E-state index in [-0.39, 0.29) is 5.78 Å². The first-order valence-electron chi connectivity index (χ1n) is 11.4. The van der Waals surface area contributed by atoms with Crippen molar-refractivity contribution in [3.05, 3.63) is 41.6 Å². The van der Waals surface area contributed by atoms with Crippen LogP contribution in [-0.4, -0.2) is 70.7 Å². The van der Waals surface area contributed by atoms with Crippen LogP contribution in [0.4, 0.5) is 17.5 Å². The number of anilines is 3. The van der Waals surface area contributed by atoms with Gasteiger partial charge in [-0.25, -0.2) is 9.97 Å². The fraction of sp³-hybridized carbons (Fsp3) is 0.417. The Balaban J connectivity index is 1.66. The first-order valence-corrected chi connectivity index (χ1v) is 12.3. The van der Waals surface area contributed by atoms with Crippen molar-refractivity contribution in [1.29, 1.82) is 0 Å². The van der Waals surface area contributed by atoms with E-state index in [9.17, 15) is 4.79 Å². The van der Waals surface area contributed by atoms with Gasteiger partial charge in [-0.1, -0.05) is 19.1 Å². The Labute approximate surface area is 204 Å².